The van der Waals surface area contributed by atoms with E-state index >= 15 is 0 Å². The molecule has 0 spiro atoms. The molecule has 0 fully saturated rings. The van der Waals surface area contributed by atoms with E-state index in [0.717, 1.165) is 5.56 Å². The third kappa shape index (κ3) is 7.03. The lowest BCUT2D eigenvalue weighted by Gasteiger charge is -2.25. The number of rotatable bonds is 10. The van der Waals surface area contributed by atoms with Gasteiger partial charge < -0.3 is 14.6 Å². The van der Waals surface area contributed by atoms with Gasteiger partial charge in [-0.25, -0.2) is 13.1 Å². The molecule has 3 aromatic rings. The highest BCUT2D eigenvalue weighted by Gasteiger charge is 2.17. The lowest BCUT2D eigenvalue weighted by molar-refractivity contribution is -0.116. The van der Waals surface area contributed by atoms with Crippen LogP contribution in [0.2, 0.25) is 5.02 Å². The number of hydrogen-bond acceptors (Lipinski definition) is 5. The van der Waals surface area contributed by atoms with Gasteiger partial charge in [-0.1, -0.05) is 41.9 Å². The van der Waals surface area contributed by atoms with Gasteiger partial charge in [0.05, 0.1) is 23.7 Å². The van der Waals surface area contributed by atoms with Gasteiger partial charge in [-0.2, -0.15) is 0 Å². The van der Waals surface area contributed by atoms with E-state index in [1.54, 1.807) is 30.3 Å². The molecule has 2 N–H and O–H groups in total. The van der Waals surface area contributed by atoms with Crippen LogP contribution in [0.5, 0.6) is 0 Å². The topological polar surface area (TPSA) is 91.7 Å². The Hall–Kier alpha value is -2.91. The third-order valence-corrected chi connectivity index (χ3v) is 6.75. The van der Waals surface area contributed by atoms with E-state index in [2.05, 4.69) is 10.0 Å². The Bertz CT molecular complexity index is 1190. The fourth-order valence-corrected chi connectivity index (χ4v) is 4.42. The first-order chi connectivity index (χ1) is 15.8. The molecule has 33 heavy (non-hydrogen) atoms. The highest BCUT2D eigenvalue weighted by atomic mass is 35.5. The lowest BCUT2D eigenvalue weighted by atomic mass is 10.1. The highest BCUT2D eigenvalue weighted by molar-refractivity contribution is 7.89. The van der Waals surface area contributed by atoms with Crippen molar-refractivity contribution in [2.24, 2.45) is 0 Å². The molecule has 0 aliphatic rings. The molecule has 0 radical (unpaired) electrons. The minimum Gasteiger partial charge on any atom is -0.468 e. The highest BCUT2D eigenvalue weighted by Crippen LogP contribution is 2.25. The third-order valence-electron chi connectivity index (χ3n) is 4.99. The first-order valence-corrected chi connectivity index (χ1v) is 12.1. The summed E-state index contributed by atoms with van der Waals surface area (Å²) in [6, 6.07) is 17.1. The number of carbonyl (C=O) groups is 1. The molecule has 0 aliphatic carbocycles. The fraction of sp³-hybridized carbons (Fsp3) is 0.208. The number of furan rings is 1. The number of hydrogen-bond donors (Lipinski definition) is 2. The average molecular weight is 488 g/mol. The lowest BCUT2D eigenvalue weighted by Crippen LogP contribution is -2.33. The van der Waals surface area contributed by atoms with Crippen LogP contribution in [0.3, 0.4) is 0 Å². The molecule has 0 aliphatic heterocycles. The molecule has 1 aromatic heterocycles. The zero-order valence-electron chi connectivity index (χ0n) is 18.4. The molecule has 0 saturated carbocycles. The van der Waals surface area contributed by atoms with E-state index in [1.165, 1.54) is 24.5 Å². The summed E-state index contributed by atoms with van der Waals surface area (Å²) in [6.07, 6.45) is 4.53. The maximum absolute atomic E-state index is 12.4. The molecule has 0 bridgehead atoms. The molecule has 9 heteroatoms. The molecule has 1 unspecified atom stereocenters. The van der Waals surface area contributed by atoms with E-state index in [4.69, 9.17) is 16.0 Å². The summed E-state index contributed by atoms with van der Waals surface area (Å²) >= 11 is 6.30. The molecule has 3 rings (SSSR count). The maximum atomic E-state index is 12.4. The summed E-state index contributed by atoms with van der Waals surface area (Å²) in [4.78, 5) is 14.4. The number of nitrogens with one attached hydrogen (secondary N) is 2. The van der Waals surface area contributed by atoms with Crippen molar-refractivity contribution in [1.82, 2.24) is 14.9 Å². The smallest absolute Gasteiger partial charge is 0.244 e. The van der Waals surface area contributed by atoms with Crippen molar-refractivity contribution >= 4 is 33.6 Å². The molecular formula is C24H26ClN3O4S. The first-order valence-electron chi connectivity index (χ1n) is 10.2. The van der Waals surface area contributed by atoms with Crippen LogP contribution in [0.25, 0.3) is 6.08 Å². The van der Waals surface area contributed by atoms with Crippen molar-refractivity contribution in [2.75, 3.05) is 20.6 Å². The molecular weight excluding hydrogens is 462 g/mol. The Balaban J connectivity index is 1.56. The van der Waals surface area contributed by atoms with Crippen molar-refractivity contribution in [2.45, 2.75) is 17.5 Å². The van der Waals surface area contributed by atoms with Gasteiger partial charge in [0.1, 0.15) is 5.76 Å². The molecule has 174 valence electrons. The summed E-state index contributed by atoms with van der Waals surface area (Å²) < 4.78 is 32.4. The molecule has 1 atom stereocenters. The van der Waals surface area contributed by atoms with Crippen LogP contribution in [0.4, 0.5) is 0 Å². The number of likely N-dealkylation sites (N-methyl/N-ethyl adjacent to an activating group) is 1. The van der Waals surface area contributed by atoms with Gasteiger partial charge in [-0.3, -0.25) is 4.79 Å². The van der Waals surface area contributed by atoms with Crippen molar-refractivity contribution < 1.29 is 17.6 Å². The van der Waals surface area contributed by atoms with Crippen LogP contribution >= 0.6 is 11.6 Å². The van der Waals surface area contributed by atoms with Gasteiger partial charge in [0, 0.05) is 17.6 Å². The number of carbonyl (C=O) groups excluding carboxylic acids is 1. The van der Waals surface area contributed by atoms with Gasteiger partial charge in [0.2, 0.25) is 15.9 Å². The van der Waals surface area contributed by atoms with E-state index in [1.807, 2.05) is 43.3 Å². The molecule has 7 nitrogen and oxygen atoms in total. The SMILES string of the molecule is CN(C)C(CNC(=O)/C=C/c1ccc(S(=O)(=O)NCc2ccco2)cc1)c1ccccc1Cl. The monoisotopic (exact) mass is 487 g/mol. The Labute approximate surface area is 199 Å². The predicted molar refractivity (Wildman–Crippen MR) is 129 cm³/mol. The van der Waals surface area contributed by atoms with Crippen molar-refractivity contribution in [3.63, 3.8) is 0 Å². The summed E-state index contributed by atoms with van der Waals surface area (Å²) in [5, 5.41) is 3.53. The van der Waals surface area contributed by atoms with Crippen LogP contribution in [0.15, 0.2) is 82.3 Å². The van der Waals surface area contributed by atoms with Crippen molar-refractivity contribution in [3.8, 4) is 0 Å². The Morgan fingerprint density at radius 2 is 1.82 bits per heavy atom. The predicted octanol–water partition coefficient (Wildman–Crippen LogP) is 3.84. The normalized spacial score (nSPS) is 12.8. The minimum atomic E-state index is -3.67. The van der Waals surface area contributed by atoms with E-state index in [-0.39, 0.29) is 23.4 Å². The van der Waals surface area contributed by atoms with Crippen LogP contribution in [-0.4, -0.2) is 39.9 Å². The van der Waals surface area contributed by atoms with Gasteiger partial charge in [0.15, 0.2) is 0 Å². The first kappa shape index (κ1) is 24.7. The van der Waals surface area contributed by atoms with Gasteiger partial charge in [-0.05, 0) is 61.6 Å². The Morgan fingerprint density at radius 1 is 1.09 bits per heavy atom. The summed E-state index contributed by atoms with van der Waals surface area (Å²) in [5.41, 5.74) is 1.64. The molecule has 1 heterocycles. The van der Waals surface area contributed by atoms with E-state index in [9.17, 15) is 13.2 Å². The number of nitrogens with zero attached hydrogens (tertiary/aromatic N) is 1. The maximum Gasteiger partial charge on any atom is 0.244 e. The minimum absolute atomic E-state index is 0.0687. The van der Waals surface area contributed by atoms with Crippen LogP contribution < -0.4 is 10.0 Å². The van der Waals surface area contributed by atoms with Gasteiger partial charge >= 0.3 is 0 Å². The van der Waals surface area contributed by atoms with Crippen LogP contribution in [0.1, 0.15) is 22.9 Å². The number of amides is 1. The second-order valence-electron chi connectivity index (χ2n) is 7.55. The zero-order chi connectivity index (χ0) is 23.8. The molecule has 0 saturated heterocycles. The quantitative estimate of drug-likeness (QED) is 0.424. The van der Waals surface area contributed by atoms with Crippen LogP contribution in [0, 0.1) is 0 Å². The Kier molecular flexibility index (Phi) is 8.46. The standard InChI is InChI=1S/C24H26ClN3O4S/c1-28(2)23(21-7-3-4-8-22(21)25)17-26-24(29)14-11-18-9-12-20(13-10-18)33(30,31)27-16-19-6-5-15-32-19/h3-15,23,27H,16-17H2,1-2H3,(H,26,29)/b14-11+. The second kappa shape index (κ2) is 11.3. The number of benzene rings is 2. The summed E-state index contributed by atoms with van der Waals surface area (Å²) in [6.45, 7) is 0.456. The van der Waals surface area contributed by atoms with Crippen molar-refractivity contribution in [1.29, 1.82) is 0 Å². The summed E-state index contributed by atoms with van der Waals surface area (Å²) in [7, 11) is 0.182. The van der Waals surface area contributed by atoms with Crippen molar-refractivity contribution in [3.05, 3.63) is 94.9 Å². The van der Waals surface area contributed by atoms with Crippen LogP contribution in [-0.2, 0) is 21.4 Å². The van der Waals surface area contributed by atoms with E-state index in [0.29, 0.717) is 22.9 Å². The number of sulfonamides is 1. The number of halogens is 1. The summed E-state index contributed by atoms with van der Waals surface area (Å²) in [5.74, 6) is 0.265. The Morgan fingerprint density at radius 3 is 2.45 bits per heavy atom. The van der Waals surface area contributed by atoms with E-state index < -0.39 is 10.0 Å². The average Bonchev–Trinajstić information content (AvgIpc) is 3.32. The second-order valence-corrected chi connectivity index (χ2v) is 9.73. The van der Waals surface area contributed by atoms with Gasteiger partial charge in [0.25, 0.3) is 0 Å². The molecule has 2 aromatic carbocycles. The zero-order valence-corrected chi connectivity index (χ0v) is 19.9. The van der Waals surface area contributed by atoms with Gasteiger partial charge in [-0.15, -0.1) is 0 Å². The fourth-order valence-electron chi connectivity index (χ4n) is 3.16. The molecule has 1 amide bonds. The largest absolute Gasteiger partial charge is 0.468 e.